The van der Waals surface area contributed by atoms with Crippen LogP contribution in [0.4, 0.5) is 20.4 Å². The van der Waals surface area contributed by atoms with Gasteiger partial charge in [-0.2, -0.15) is 0 Å². The second kappa shape index (κ2) is 9.73. The van der Waals surface area contributed by atoms with E-state index >= 15 is 4.39 Å². The van der Waals surface area contributed by atoms with Gasteiger partial charge in [0.2, 0.25) is 5.95 Å². The molecule has 0 unspecified atom stereocenters. The maximum atomic E-state index is 15.0. The zero-order valence-corrected chi connectivity index (χ0v) is 20.5. The van der Waals surface area contributed by atoms with E-state index < -0.39 is 17.1 Å². The topological polar surface area (TPSA) is 75.9 Å². The quantitative estimate of drug-likeness (QED) is 0.411. The van der Waals surface area contributed by atoms with Crippen LogP contribution in [0.25, 0.3) is 22.2 Å². The van der Waals surface area contributed by atoms with Crippen LogP contribution < -0.4 is 10.7 Å². The third-order valence-electron chi connectivity index (χ3n) is 6.73. The molecule has 36 heavy (non-hydrogen) atoms. The number of hydrogen-bond acceptors (Lipinski definition) is 6. The largest absolute Gasteiger partial charge is 0.345 e. The number of aromatic nitrogens is 4. The highest BCUT2D eigenvalue weighted by molar-refractivity contribution is 5.85. The average molecular weight is 491 g/mol. The molecule has 1 N–H and O–H groups in total. The molecular weight excluding hydrogens is 462 g/mol. The average Bonchev–Trinajstić information content (AvgIpc) is 2.86. The third kappa shape index (κ3) is 4.70. The van der Waals surface area contributed by atoms with Gasteiger partial charge in [-0.05, 0) is 71.1 Å². The summed E-state index contributed by atoms with van der Waals surface area (Å²) in [4.78, 5) is 27.6. The number of nitrogens with one attached hydrogen (secondary N) is 1. The maximum Gasteiger partial charge on any atom is 0.227 e. The normalized spacial score (nSPS) is 15.1. The third-order valence-corrected chi connectivity index (χ3v) is 6.73. The second-order valence-corrected chi connectivity index (χ2v) is 9.60. The van der Waals surface area contributed by atoms with Crippen LogP contribution in [-0.4, -0.2) is 44.6 Å². The zero-order chi connectivity index (χ0) is 25.4. The maximum absolute atomic E-state index is 15.0. The Morgan fingerprint density at radius 1 is 1.03 bits per heavy atom. The Morgan fingerprint density at radius 3 is 2.50 bits per heavy atom. The summed E-state index contributed by atoms with van der Waals surface area (Å²) in [6, 6.07) is 7.94. The van der Waals surface area contributed by atoms with Gasteiger partial charge in [0.15, 0.2) is 11.2 Å². The zero-order valence-electron chi connectivity index (χ0n) is 20.5. The number of halogens is 2. The molecule has 0 aliphatic carbocycles. The van der Waals surface area contributed by atoms with Gasteiger partial charge in [0.05, 0.1) is 29.0 Å². The summed E-state index contributed by atoms with van der Waals surface area (Å²) >= 11 is 0. The molecule has 0 radical (unpaired) electrons. The Hall–Kier alpha value is -3.72. The van der Waals surface area contributed by atoms with Crippen molar-refractivity contribution in [2.24, 2.45) is 0 Å². The second-order valence-electron chi connectivity index (χ2n) is 9.60. The molecule has 0 amide bonds. The summed E-state index contributed by atoms with van der Waals surface area (Å²) in [6.45, 7) is 5.96. The lowest BCUT2D eigenvalue weighted by atomic mass is 9.93. The molecule has 9 heteroatoms. The lowest BCUT2D eigenvalue weighted by Crippen LogP contribution is -2.29. The number of anilines is 2. The summed E-state index contributed by atoms with van der Waals surface area (Å²) in [6.07, 6.45) is 6.54. The van der Waals surface area contributed by atoms with Gasteiger partial charge >= 0.3 is 0 Å². The molecule has 1 saturated heterocycles. The Kier molecular flexibility index (Phi) is 6.49. The molecule has 0 atom stereocenters. The summed E-state index contributed by atoms with van der Waals surface area (Å²) in [5.41, 5.74) is 1.84. The highest BCUT2D eigenvalue weighted by Gasteiger charge is 2.20. The monoisotopic (exact) mass is 490 g/mol. The van der Waals surface area contributed by atoms with Crippen molar-refractivity contribution in [1.82, 2.24) is 24.4 Å². The van der Waals surface area contributed by atoms with E-state index in [9.17, 15) is 9.18 Å². The molecule has 3 aromatic heterocycles. The SMILES string of the molecule is CC(C)n1ccc(=O)c2c(F)cc(-c3nc(Nc4ccc(C5CCN(C)CC5)nc4)ncc3F)cc21. The van der Waals surface area contributed by atoms with E-state index in [2.05, 4.69) is 32.2 Å². The van der Waals surface area contributed by atoms with E-state index in [1.807, 2.05) is 26.0 Å². The van der Waals surface area contributed by atoms with Crippen LogP contribution in [0.15, 0.2) is 53.7 Å². The molecule has 4 aromatic rings. The van der Waals surface area contributed by atoms with Crippen molar-refractivity contribution in [1.29, 1.82) is 0 Å². The minimum absolute atomic E-state index is 0.0276. The lowest BCUT2D eigenvalue weighted by molar-refractivity contribution is 0.253. The smallest absolute Gasteiger partial charge is 0.227 e. The number of pyridine rings is 2. The molecule has 0 saturated carbocycles. The van der Waals surface area contributed by atoms with Crippen molar-refractivity contribution in [3.63, 3.8) is 0 Å². The standard InChI is InChI=1S/C27H28F2N6O/c1-16(2)35-11-8-24(36)25-20(28)12-18(13-23(25)35)26-21(29)15-31-27(33-26)32-19-4-5-22(30-14-19)17-6-9-34(3)10-7-17/h4-5,8,11-17H,6-7,9-10H2,1-3H3,(H,31,32,33). The van der Waals surface area contributed by atoms with Crippen LogP contribution in [0, 0.1) is 11.6 Å². The van der Waals surface area contributed by atoms with Gasteiger partial charge in [-0.25, -0.2) is 18.7 Å². The Morgan fingerprint density at radius 2 is 1.81 bits per heavy atom. The number of nitrogens with zero attached hydrogens (tertiary/aromatic N) is 5. The van der Waals surface area contributed by atoms with E-state index in [-0.39, 0.29) is 28.6 Å². The summed E-state index contributed by atoms with van der Waals surface area (Å²) in [5, 5.41) is 3.03. The van der Waals surface area contributed by atoms with E-state index in [0.29, 0.717) is 17.1 Å². The van der Waals surface area contributed by atoms with Crippen molar-refractivity contribution in [2.45, 2.75) is 38.6 Å². The number of likely N-dealkylation sites (tertiary alicyclic amines) is 1. The molecule has 1 aromatic carbocycles. The van der Waals surface area contributed by atoms with Crippen LogP contribution >= 0.6 is 0 Å². The first-order valence-corrected chi connectivity index (χ1v) is 12.1. The summed E-state index contributed by atoms with van der Waals surface area (Å²) in [7, 11) is 2.13. The van der Waals surface area contributed by atoms with Crippen molar-refractivity contribution in [3.8, 4) is 11.3 Å². The van der Waals surface area contributed by atoms with Crippen LogP contribution in [0.5, 0.6) is 0 Å². The minimum Gasteiger partial charge on any atom is -0.345 e. The first kappa shape index (κ1) is 24.0. The van der Waals surface area contributed by atoms with Gasteiger partial charge in [-0.1, -0.05) is 0 Å². The molecule has 1 fully saturated rings. The molecular formula is C27H28F2N6O. The first-order valence-electron chi connectivity index (χ1n) is 12.1. The number of benzene rings is 1. The molecule has 186 valence electrons. The number of fused-ring (bicyclic) bond motifs is 1. The fourth-order valence-corrected chi connectivity index (χ4v) is 4.72. The molecule has 1 aliphatic heterocycles. The van der Waals surface area contributed by atoms with Gasteiger partial charge in [-0.3, -0.25) is 9.78 Å². The summed E-state index contributed by atoms with van der Waals surface area (Å²) in [5.74, 6) is -0.807. The molecule has 1 aliphatic rings. The van der Waals surface area contributed by atoms with Gasteiger partial charge in [-0.15, -0.1) is 0 Å². The van der Waals surface area contributed by atoms with Crippen molar-refractivity contribution in [2.75, 3.05) is 25.5 Å². The Bertz CT molecular complexity index is 1460. The fourth-order valence-electron chi connectivity index (χ4n) is 4.72. The van der Waals surface area contributed by atoms with Crippen LogP contribution in [0.2, 0.25) is 0 Å². The van der Waals surface area contributed by atoms with Gasteiger partial charge in [0.1, 0.15) is 11.5 Å². The number of piperidine rings is 1. The molecule has 0 bridgehead atoms. The van der Waals surface area contributed by atoms with Crippen LogP contribution in [-0.2, 0) is 0 Å². The van der Waals surface area contributed by atoms with Crippen molar-refractivity contribution >= 4 is 22.5 Å². The van der Waals surface area contributed by atoms with Crippen molar-refractivity contribution < 1.29 is 8.78 Å². The molecule has 0 spiro atoms. The van der Waals surface area contributed by atoms with Gasteiger partial charge in [0, 0.05) is 35.5 Å². The number of rotatable bonds is 5. The Labute approximate surface area is 207 Å². The predicted octanol–water partition coefficient (Wildman–Crippen LogP) is 5.27. The van der Waals surface area contributed by atoms with Gasteiger partial charge < -0.3 is 14.8 Å². The van der Waals surface area contributed by atoms with Crippen molar-refractivity contribution in [3.05, 3.63) is 76.5 Å². The van der Waals surface area contributed by atoms with E-state index in [4.69, 9.17) is 0 Å². The molecule has 7 nitrogen and oxygen atoms in total. The summed E-state index contributed by atoms with van der Waals surface area (Å²) < 4.78 is 31.6. The van der Waals surface area contributed by atoms with Gasteiger partial charge in [0.25, 0.3) is 0 Å². The Balaban J connectivity index is 1.45. The highest BCUT2D eigenvalue weighted by Crippen LogP contribution is 2.29. The van der Waals surface area contributed by atoms with E-state index in [0.717, 1.165) is 43.9 Å². The first-order chi connectivity index (χ1) is 17.3. The molecule has 4 heterocycles. The van der Waals surface area contributed by atoms with E-state index in [1.165, 1.54) is 6.07 Å². The predicted molar refractivity (Wildman–Crippen MR) is 137 cm³/mol. The van der Waals surface area contributed by atoms with E-state index in [1.54, 1.807) is 23.0 Å². The van der Waals surface area contributed by atoms with Crippen LogP contribution in [0.3, 0.4) is 0 Å². The lowest BCUT2D eigenvalue weighted by Gasteiger charge is -2.28. The number of hydrogen-bond donors (Lipinski definition) is 1. The van der Waals surface area contributed by atoms with Crippen LogP contribution in [0.1, 0.15) is 44.3 Å². The molecule has 5 rings (SSSR count). The minimum atomic E-state index is -0.719. The fraction of sp³-hybridized carbons (Fsp3) is 0.333. The highest BCUT2D eigenvalue weighted by atomic mass is 19.1.